The highest BCUT2D eigenvalue weighted by Gasteiger charge is 2.16. The van der Waals surface area contributed by atoms with E-state index in [9.17, 15) is 9.59 Å². The van der Waals surface area contributed by atoms with Crippen molar-refractivity contribution in [3.63, 3.8) is 0 Å². The molecule has 3 rings (SSSR count). The second kappa shape index (κ2) is 8.77. The average Bonchev–Trinajstić information content (AvgIpc) is 3.33. The van der Waals surface area contributed by atoms with Crippen molar-refractivity contribution in [1.29, 1.82) is 0 Å². The molecule has 0 aliphatic heterocycles. The minimum Gasteiger partial charge on any atom is -0.359 e. The maximum Gasteiger partial charge on any atom is 0.269 e. The Balaban J connectivity index is 1.52. The predicted octanol–water partition coefficient (Wildman–Crippen LogP) is 3.05. The molecule has 1 heterocycles. The molecule has 1 aromatic carbocycles. The number of benzene rings is 1. The molecule has 1 aliphatic rings. The van der Waals surface area contributed by atoms with Crippen LogP contribution in [0.4, 0.5) is 5.69 Å². The number of rotatable bonds is 4. The van der Waals surface area contributed by atoms with Crippen LogP contribution in [0.5, 0.6) is 0 Å². The number of thiocarbonyl (C=S) groups is 1. The fourth-order valence-electron chi connectivity index (χ4n) is 2.82. The summed E-state index contributed by atoms with van der Waals surface area (Å²) in [5.41, 5.74) is 6.28. The molecule has 0 unspecified atom stereocenters. The Morgan fingerprint density at radius 2 is 1.85 bits per heavy atom. The van der Waals surface area contributed by atoms with Crippen LogP contribution in [0.2, 0.25) is 0 Å². The van der Waals surface area contributed by atoms with Crippen LogP contribution < -0.4 is 21.5 Å². The molecule has 6 nitrogen and oxygen atoms in total. The Kier molecular flexibility index (Phi) is 6.19. The number of anilines is 1. The van der Waals surface area contributed by atoms with E-state index in [1.165, 1.54) is 24.2 Å². The van der Waals surface area contributed by atoms with Crippen LogP contribution in [0.3, 0.4) is 0 Å². The van der Waals surface area contributed by atoms with E-state index >= 15 is 0 Å². The first-order valence-corrected chi connectivity index (χ1v) is 9.72. The SMILES string of the molecule is O=C(NNC(=S)NC1CCCC1)c1cccc(NC(=O)c2cccs2)c1. The smallest absolute Gasteiger partial charge is 0.269 e. The first-order chi connectivity index (χ1) is 12.6. The molecule has 8 heteroatoms. The largest absolute Gasteiger partial charge is 0.359 e. The fraction of sp³-hybridized carbons (Fsp3) is 0.278. The van der Waals surface area contributed by atoms with Crippen LogP contribution in [0, 0.1) is 0 Å². The van der Waals surface area contributed by atoms with Gasteiger partial charge in [-0.1, -0.05) is 25.0 Å². The molecule has 4 N–H and O–H groups in total. The summed E-state index contributed by atoms with van der Waals surface area (Å²) < 4.78 is 0. The number of amides is 2. The van der Waals surface area contributed by atoms with Crippen molar-refractivity contribution in [1.82, 2.24) is 16.2 Å². The second-order valence-corrected chi connectivity index (χ2v) is 7.40. The van der Waals surface area contributed by atoms with Gasteiger partial charge in [0, 0.05) is 17.3 Å². The number of carbonyl (C=O) groups excluding carboxylic acids is 2. The van der Waals surface area contributed by atoms with Crippen LogP contribution >= 0.6 is 23.6 Å². The standard InChI is InChI=1S/C18H20N4O2S2/c23-16(21-22-18(25)20-13-6-1-2-7-13)12-5-3-8-14(11-12)19-17(24)15-9-4-10-26-15/h3-5,8-11,13H,1-2,6-7H2,(H,19,24)(H,21,23)(H2,20,22,25). The number of nitrogens with one attached hydrogen (secondary N) is 4. The quantitative estimate of drug-likeness (QED) is 0.478. The van der Waals surface area contributed by atoms with Gasteiger partial charge in [-0.3, -0.25) is 20.4 Å². The van der Waals surface area contributed by atoms with Gasteiger partial charge in [0.25, 0.3) is 11.8 Å². The molecule has 1 aromatic heterocycles. The van der Waals surface area contributed by atoms with Crippen LogP contribution in [0.25, 0.3) is 0 Å². The van der Waals surface area contributed by atoms with E-state index in [0.717, 1.165) is 12.8 Å². The van der Waals surface area contributed by atoms with Gasteiger partial charge in [-0.25, -0.2) is 0 Å². The van der Waals surface area contributed by atoms with E-state index < -0.39 is 0 Å². The second-order valence-electron chi connectivity index (χ2n) is 6.05. The number of carbonyl (C=O) groups is 2. The van der Waals surface area contributed by atoms with Gasteiger partial charge in [-0.05, 0) is 54.7 Å². The summed E-state index contributed by atoms with van der Waals surface area (Å²) in [6, 6.07) is 10.7. The summed E-state index contributed by atoms with van der Waals surface area (Å²) >= 11 is 6.56. The molecule has 1 aliphatic carbocycles. The molecule has 2 aromatic rings. The number of hydrogen-bond donors (Lipinski definition) is 4. The van der Waals surface area contributed by atoms with Crippen molar-refractivity contribution in [2.75, 3.05) is 5.32 Å². The van der Waals surface area contributed by atoms with Gasteiger partial charge in [0.05, 0.1) is 4.88 Å². The highest BCUT2D eigenvalue weighted by molar-refractivity contribution is 7.80. The van der Waals surface area contributed by atoms with Gasteiger partial charge in [0.1, 0.15) is 0 Å². The molecule has 2 amide bonds. The van der Waals surface area contributed by atoms with Crippen molar-refractivity contribution in [3.8, 4) is 0 Å². The van der Waals surface area contributed by atoms with Crippen LogP contribution in [0.15, 0.2) is 41.8 Å². The summed E-state index contributed by atoms with van der Waals surface area (Å²) in [7, 11) is 0. The molecule has 1 saturated carbocycles. The van der Waals surface area contributed by atoms with Gasteiger partial charge in [0.2, 0.25) is 0 Å². The van der Waals surface area contributed by atoms with Gasteiger partial charge < -0.3 is 10.6 Å². The van der Waals surface area contributed by atoms with Gasteiger partial charge >= 0.3 is 0 Å². The van der Waals surface area contributed by atoms with Crippen molar-refractivity contribution >= 4 is 46.2 Å². The maximum absolute atomic E-state index is 12.3. The lowest BCUT2D eigenvalue weighted by Crippen LogP contribution is -2.49. The lowest BCUT2D eigenvalue weighted by atomic mass is 10.2. The van der Waals surface area contributed by atoms with Gasteiger partial charge in [-0.2, -0.15) is 0 Å². The number of hydrogen-bond acceptors (Lipinski definition) is 4. The zero-order valence-electron chi connectivity index (χ0n) is 14.1. The van der Waals surface area contributed by atoms with E-state index in [0.29, 0.717) is 27.3 Å². The van der Waals surface area contributed by atoms with E-state index in [1.807, 2.05) is 11.4 Å². The van der Waals surface area contributed by atoms with Crippen molar-refractivity contribution in [2.24, 2.45) is 0 Å². The maximum atomic E-state index is 12.3. The third-order valence-electron chi connectivity index (χ3n) is 4.11. The van der Waals surface area contributed by atoms with Crippen LogP contribution in [0.1, 0.15) is 45.7 Å². The minimum atomic E-state index is -0.326. The Hall–Kier alpha value is -2.45. The topological polar surface area (TPSA) is 82.3 Å². The van der Waals surface area contributed by atoms with Gasteiger partial charge in [0.15, 0.2) is 5.11 Å². The monoisotopic (exact) mass is 388 g/mol. The van der Waals surface area contributed by atoms with E-state index in [-0.39, 0.29) is 11.8 Å². The molecule has 1 fully saturated rings. The number of hydrazine groups is 1. The first-order valence-electron chi connectivity index (χ1n) is 8.43. The summed E-state index contributed by atoms with van der Waals surface area (Å²) in [6.45, 7) is 0. The Labute approximate surface area is 161 Å². The molecule has 26 heavy (non-hydrogen) atoms. The molecule has 0 spiro atoms. The minimum absolute atomic E-state index is 0.197. The summed E-state index contributed by atoms with van der Waals surface area (Å²) in [5, 5.41) is 8.22. The molecular weight excluding hydrogens is 368 g/mol. The van der Waals surface area contributed by atoms with Crippen molar-refractivity contribution in [2.45, 2.75) is 31.7 Å². The Bertz CT molecular complexity index is 786. The molecule has 0 saturated heterocycles. The molecule has 0 bridgehead atoms. The van der Waals surface area contributed by atoms with E-state index in [4.69, 9.17) is 12.2 Å². The van der Waals surface area contributed by atoms with Crippen LogP contribution in [-0.4, -0.2) is 23.0 Å². The first kappa shape index (κ1) is 18.3. The average molecular weight is 389 g/mol. The fourth-order valence-corrected chi connectivity index (χ4v) is 3.65. The van der Waals surface area contributed by atoms with E-state index in [2.05, 4.69) is 21.5 Å². The molecular formula is C18H20N4O2S2. The highest BCUT2D eigenvalue weighted by atomic mass is 32.1. The third-order valence-corrected chi connectivity index (χ3v) is 5.20. The molecule has 136 valence electrons. The predicted molar refractivity (Wildman–Crippen MR) is 107 cm³/mol. The normalized spacial score (nSPS) is 13.8. The third kappa shape index (κ3) is 5.03. The Morgan fingerprint density at radius 3 is 2.58 bits per heavy atom. The van der Waals surface area contributed by atoms with Crippen molar-refractivity contribution in [3.05, 3.63) is 52.2 Å². The molecule has 0 radical (unpaired) electrons. The highest BCUT2D eigenvalue weighted by Crippen LogP contribution is 2.17. The lowest BCUT2D eigenvalue weighted by molar-refractivity contribution is 0.0942. The van der Waals surface area contributed by atoms with E-state index in [1.54, 1.807) is 30.3 Å². The summed E-state index contributed by atoms with van der Waals surface area (Å²) in [4.78, 5) is 25.0. The number of thiophene rings is 1. The molecule has 0 atom stereocenters. The van der Waals surface area contributed by atoms with Crippen molar-refractivity contribution < 1.29 is 9.59 Å². The van der Waals surface area contributed by atoms with Crippen LogP contribution in [-0.2, 0) is 0 Å². The Morgan fingerprint density at radius 1 is 1.04 bits per heavy atom. The summed E-state index contributed by atoms with van der Waals surface area (Å²) in [6.07, 6.45) is 4.61. The summed E-state index contributed by atoms with van der Waals surface area (Å²) in [5.74, 6) is -0.523. The zero-order valence-corrected chi connectivity index (χ0v) is 15.7. The zero-order chi connectivity index (χ0) is 18.4. The lowest BCUT2D eigenvalue weighted by Gasteiger charge is -2.16. The van der Waals surface area contributed by atoms with Gasteiger partial charge in [-0.15, -0.1) is 11.3 Å².